The molecule has 0 bridgehead atoms. The highest BCUT2D eigenvalue weighted by atomic mass is 16.6. The lowest BCUT2D eigenvalue weighted by atomic mass is 9.94. The molecule has 1 aromatic carbocycles. The summed E-state index contributed by atoms with van der Waals surface area (Å²) in [5, 5.41) is 11.0. The number of carbonyl (C=O) groups excluding carboxylic acids is 2. The number of amides is 2. The summed E-state index contributed by atoms with van der Waals surface area (Å²) in [5.41, 5.74) is 1.23. The topological polar surface area (TPSA) is 110 Å². The Morgan fingerprint density at radius 3 is 2.59 bits per heavy atom. The van der Waals surface area contributed by atoms with Crippen LogP contribution in [0.15, 0.2) is 22.6 Å². The molecule has 2 aromatic rings. The van der Waals surface area contributed by atoms with Gasteiger partial charge in [-0.2, -0.15) is 0 Å². The van der Waals surface area contributed by atoms with Gasteiger partial charge in [0.15, 0.2) is 0 Å². The molecule has 5 rings (SSSR count). The van der Waals surface area contributed by atoms with Crippen molar-refractivity contribution in [3.8, 4) is 17.2 Å². The zero-order chi connectivity index (χ0) is 23.9. The number of likely N-dealkylation sites (tertiary alicyclic amines) is 1. The molecule has 2 fully saturated rings. The van der Waals surface area contributed by atoms with Crippen molar-refractivity contribution < 1.29 is 23.5 Å². The Hall–Kier alpha value is -3.30. The van der Waals surface area contributed by atoms with Crippen molar-refractivity contribution in [1.29, 1.82) is 0 Å². The van der Waals surface area contributed by atoms with E-state index in [2.05, 4.69) is 15.5 Å². The van der Waals surface area contributed by atoms with Crippen molar-refractivity contribution in [2.45, 2.75) is 52.1 Å². The van der Waals surface area contributed by atoms with E-state index >= 15 is 0 Å². The summed E-state index contributed by atoms with van der Waals surface area (Å²) in [5.74, 6) is 0.875. The third-order valence-electron chi connectivity index (χ3n) is 6.63. The van der Waals surface area contributed by atoms with Gasteiger partial charge in [-0.1, -0.05) is 5.10 Å². The van der Waals surface area contributed by atoms with Gasteiger partial charge < -0.3 is 24.1 Å². The Labute approximate surface area is 198 Å². The van der Waals surface area contributed by atoms with E-state index in [1.807, 2.05) is 25.7 Å². The van der Waals surface area contributed by atoms with E-state index in [-0.39, 0.29) is 18.5 Å². The SMILES string of the molecule is CC(C)(C)OC(=O)N1CCOc2cc(-c3nnc(NCC(=O)N4CCC5(CC4)CC5)o3)ccc21. The van der Waals surface area contributed by atoms with Crippen molar-refractivity contribution in [1.82, 2.24) is 15.1 Å². The minimum atomic E-state index is -0.586. The zero-order valence-electron chi connectivity index (χ0n) is 19.9. The van der Waals surface area contributed by atoms with Crippen LogP contribution in [0.3, 0.4) is 0 Å². The first-order chi connectivity index (χ1) is 16.2. The molecule has 1 spiro atoms. The van der Waals surface area contributed by atoms with E-state index in [0.717, 1.165) is 25.9 Å². The standard InChI is InChI=1S/C24H31N5O5/c1-23(2,3)34-22(31)29-12-13-32-18-14-16(4-5-17(18)29)20-26-27-21(33-20)25-15-19(30)28-10-8-24(6-7-24)9-11-28/h4-5,14H,6-13,15H2,1-3H3,(H,25,27). The van der Waals surface area contributed by atoms with Crippen molar-refractivity contribution in [3.63, 3.8) is 0 Å². The fraction of sp³-hybridized carbons (Fsp3) is 0.583. The molecule has 1 saturated heterocycles. The molecule has 10 heteroatoms. The van der Waals surface area contributed by atoms with Crippen molar-refractivity contribution in [2.24, 2.45) is 5.41 Å². The number of hydrogen-bond donors (Lipinski definition) is 1. The van der Waals surface area contributed by atoms with Crippen LogP contribution in [0, 0.1) is 5.41 Å². The summed E-state index contributed by atoms with van der Waals surface area (Å²) >= 11 is 0. The number of hydrogen-bond acceptors (Lipinski definition) is 8. The first-order valence-electron chi connectivity index (χ1n) is 11.8. The Morgan fingerprint density at radius 1 is 1.12 bits per heavy atom. The number of anilines is 2. The monoisotopic (exact) mass is 469 g/mol. The van der Waals surface area contributed by atoms with Gasteiger partial charge in [0.05, 0.1) is 18.8 Å². The van der Waals surface area contributed by atoms with Crippen LogP contribution in [0.25, 0.3) is 11.5 Å². The first-order valence-corrected chi connectivity index (χ1v) is 11.8. The summed E-state index contributed by atoms with van der Waals surface area (Å²) in [4.78, 5) is 28.6. The second-order valence-corrected chi connectivity index (χ2v) is 10.3. The van der Waals surface area contributed by atoms with Crippen LogP contribution in [0.1, 0.15) is 46.5 Å². The van der Waals surface area contributed by atoms with Crippen molar-refractivity contribution in [2.75, 3.05) is 43.0 Å². The summed E-state index contributed by atoms with van der Waals surface area (Å²) < 4.78 is 17.0. The number of benzene rings is 1. The maximum atomic E-state index is 12.6. The van der Waals surface area contributed by atoms with E-state index in [1.165, 1.54) is 12.8 Å². The molecule has 0 atom stereocenters. The third-order valence-corrected chi connectivity index (χ3v) is 6.63. The minimum Gasteiger partial charge on any atom is -0.490 e. The first kappa shape index (κ1) is 22.5. The highest BCUT2D eigenvalue weighted by molar-refractivity contribution is 5.91. The van der Waals surface area contributed by atoms with Gasteiger partial charge in [-0.15, -0.1) is 5.10 Å². The lowest BCUT2D eigenvalue weighted by Gasteiger charge is -2.32. The number of nitrogens with zero attached hydrogens (tertiary/aromatic N) is 4. The Morgan fingerprint density at radius 2 is 1.88 bits per heavy atom. The molecule has 182 valence electrons. The van der Waals surface area contributed by atoms with Crippen LogP contribution < -0.4 is 15.0 Å². The normalized spacial score (nSPS) is 18.8. The van der Waals surface area contributed by atoms with E-state index in [0.29, 0.717) is 41.5 Å². The fourth-order valence-corrected chi connectivity index (χ4v) is 4.44. The molecule has 0 radical (unpaired) electrons. The molecule has 1 aromatic heterocycles. The number of rotatable bonds is 4. The molecule has 1 saturated carbocycles. The average molecular weight is 470 g/mol. The smallest absolute Gasteiger partial charge is 0.415 e. The van der Waals surface area contributed by atoms with Gasteiger partial charge in [-0.25, -0.2) is 4.79 Å². The van der Waals surface area contributed by atoms with Gasteiger partial charge in [0, 0.05) is 18.7 Å². The zero-order valence-corrected chi connectivity index (χ0v) is 19.9. The molecule has 3 aliphatic rings. The van der Waals surface area contributed by atoms with Crippen LogP contribution in [-0.4, -0.2) is 65.5 Å². The second kappa shape index (κ2) is 8.48. The number of ether oxygens (including phenoxy) is 2. The number of nitrogens with one attached hydrogen (secondary N) is 1. The number of carbonyl (C=O) groups is 2. The van der Waals surface area contributed by atoms with E-state index in [4.69, 9.17) is 13.9 Å². The Bertz CT molecular complexity index is 1080. The predicted octanol–water partition coefficient (Wildman–Crippen LogP) is 3.69. The highest BCUT2D eigenvalue weighted by Gasteiger charge is 2.45. The molecule has 3 heterocycles. The number of piperidine rings is 1. The van der Waals surface area contributed by atoms with Crippen LogP contribution in [-0.2, 0) is 9.53 Å². The van der Waals surface area contributed by atoms with Crippen molar-refractivity contribution in [3.05, 3.63) is 18.2 Å². The Kier molecular flexibility index (Phi) is 5.61. The lowest BCUT2D eigenvalue weighted by Crippen LogP contribution is -2.41. The van der Waals surface area contributed by atoms with Gasteiger partial charge in [-0.3, -0.25) is 9.69 Å². The van der Waals surface area contributed by atoms with E-state index in [9.17, 15) is 9.59 Å². The second-order valence-electron chi connectivity index (χ2n) is 10.3. The van der Waals surface area contributed by atoms with Crippen molar-refractivity contribution >= 4 is 23.7 Å². The molecule has 2 amide bonds. The fourth-order valence-electron chi connectivity index (χ4n) is 4.44. The quantitative estimate of drug-likeness (QED) is 0.722. The van der Waals surface area contributed by atoms with Gasteiger partial charge in [0.2, 0.25) is 11.8 Å². The van der Waals surface area contributed by atoms with Gasteiger partial charge in [0.25, 0.3) is 0 Å². The summed E-state index contributed by atoms with van der Waals surface area (Å²) in [6.07, 6.45) is 4.42. The lowest BCUT2D eigenvalue weighted by molar-refractivity contribution is -0.130. The Balaban J connectivity index is 1.21. The molecular formula is C24H31N5O5. The van der Waals surface area contributed by atoms with Crippen LogP contribution >= 0.6 is 0 Å². The summed E-state index contributed by atoms with van der Waals surface area (Å²) in [7, 11) is 0. The molecule has 1 aliphatic carbocycles. The summed E-state index contributed by atoms with van der Waals surface area (Å²) in [6, 6.07) is 5.51. The molecule has 1 N–H and O–H groups in total. The van der Waals surface area contributed by atoms with Crippen LogP contribution in [0.4, 0.5) is 16.5 Å². The maximum Gasteiger partial charge on any atom is 0.415 e. The van der Waals surface area contributed by atoms with Crippen LogP contribution in [0.2, 0.25) is 0 Å². The van der Waals surface area contributed by atoms with Gasteiger partial charge in [0.1, 0.15) is 18.0 Å². The third kappa shape index (κ3) is 4.80. The average Bonchev–Trinajstić information content (AvgIpc) is 3.38. The van der Waals surface area contributed by atoms with Gasteiger partial charge >= 0.3 is 12.1 Å². The van der Waals surface area contributed by atoms with Crippen LogP contribution in [0.5, 0.6) is 5.75 Å². The summed E-state index contributed by atoms with van der Waals surface area (Å²) in [6.45, 7) is 8.02. The molecular weight excluding hydrogens is 438 g/mol. The molecule has 2 aliphatic heterocycles. The highest BCUT2D eigenvalue weighted by Crippen LogP contribution is 2.53. The molecule has 0 unspecified atom stereocenters. The molecule has 10 nitrogen and oxygen atoms in total. The number of aromatic nitrogens is 2. The molecule has 34 heavy (non-hydrogen) atoms. The predicted molar refractivity (Wildman–Crippen MR) is 125 cm³/mol. The number of fused-ring (bicyclic) bond motifs is 1. The largest absolute Gasteiger partial charge is 0.490 e. The maximum absolute atomic E-state index is 12.6. The van der Waals surface area contributed by atoms with E-state index < -0.39 is 11.7 Å². The van der Waals surface area contributed by atoms with Gasteiger partial charge in [-0.05, 0) is 70.1 Å². The van der Waals surface area contributed by atoms with E-state index in [1.54, 1.807) is 23.1 Å². The minimum absolute atomic E-state index is 0.0414.